The number of aromatic nitrogens is 1. The van der Waals surface area contributed by atoms with Gasteiger partial charge in [0.05, 0.1) is 16.6 Å². The molecule has 2 aliphatic rings. The predicted octanol–water partition coefficient (Wildman–Crippen LogP) is 7.53. The number of anilines is 1. The number of carbonyl (C=O) groups excluding carboxylic acids is 3. The lowest BCUT2D eigenvalue weighted by atomic mass is 9.77. The van der Waals surface area contributed by atoms with Crippen LogP contribution in [-0.4, -0.2) is 67.2 Å². The summed E-state index contributed by atoms with van der Waals surface area (Å²) in [4.78, 5) is 53.7. The van der Waals surface area contributed by atoms with Gasteiger partial charge in [0.15, 0.2) is 16.9 Å². The molecule has 0 saturated carbocycles. The number of hydrogen-bond acceptors (Lipinski definition) is 10. The average Bonchev–Trinajstić information content (AvgIpc) is 3.78. The molecule has 2 amide bonds. The number of thiazole rings is 1. The maximum absolute atomic E-state index is 14.2. The van der Waals surface area contributed by atoms with Gasteiger partial charge in [-0.05, 0) is 40.3 Å². The molecule has 0 aliphatic carbocycles. The molecule has 2 unspecified atom stereocenters. The first kappa shape index (κ1) is 41.3. The smallest absolute Gasteiger partial charge is 0.356 e. The number of fused-ring (bicyclic) bond motifs is 1. The molecule has 3 heterocycles. The van der Waals surface area contributed by atoms with Gasteiger partial charge in [-0.1, -0.05) is 157 Å². The molecular weight excluding hydrogens is 830 g/mol. The van der Waals surface area contributed by atoms with Crippen LogP contribution in [0, 0.1) is 0 Å². The molecule has 1 aromatic heterocycles. The average molecular weight is 870 g/mol. The summed E-state index contributed by atoms with van der Waals surface area (Å²) in [5.74, 6) is -2.47. The summed E-state index contributed by atoms with van der Waals surface area (Å²) in [6, 6.07) is 47.3. The van der Waals surface area contributed by atoms with E-state index >= 15 is 0 Å². The molecule has 0 bridgehead atoms. The van der Waals surface area contributed by atoms with Crippen molar-refractivity contribution < 1.29 is 28.2 Å². The number of benzene rings is 5. The van der Waals surface area contributed by atoms with Crippen molar-refractivity contribution in [2.75, 3.05) is 23.6 Å². The molecule has 2 N–H and O–H groups in total. The van der Waals surface area contributed by atoms with Crippen LogP contribution in [0.1, 0.15) is 46.5 Å². The van der Waals surface area contributed by atoms with Gasteiger partial charge < -0.3 is 20.2 Å². The Hall–Kier alpha value is -6.41. The van der Waals surface area contributed by atoms with Gasteiger partial charge in [0.25, 0.3) is 11.8 Å². The van der Waals surface area contributed by atoms with Crippen LogP contribution in [0.2, 0.25) is 0 Å². The van der Waals surface area contributed by atoms with Crippen molar-refractivity contribution in [1.29, 1.82) is 0 Å². The normalized spacial score (nSPS) is 17.6. The minimum Gasteiger partial charge on any atom is -0.448 e. The third-order valence-electron chi connectivity index (χ3n) is 10.4. The summed E-state index contributed by atoms with van der Waals surface area (Å²) in [6.45, 7) is 1.87. The van der Waals surface area contributed by atoms with Crippen LogP contribution in [0.3, 0.4) is 0 Å². The molecule has 5 aromatic carbocycles. The summed E-state index contributed by atoms with van der Waals surface area (Å²) in [7, 11) is -1.73. The molecular formula is C47H40ClN5O6S2. The van der Waals surface area contributed by atoms with Crippen molar-refractivity contribution in [2.45, 2.75) is 30.0 Å². The second-order valence-electron chi connectivity index (χ2n) is 14.1. The highest BCUT2D eigenvalue weighted by Crippen LogP contribution is 2.41. The van der Waals surface area contributed by atoms with Gasteiger partial charge in [0, 0.05) is 11.3 Å². The van der Waals surface area contributed by atoms with Crippen LogP contribution in [0.4, 0.5) is 5.13 Å². The fraction of sp³-hybridized carbons (Fsp3) is 0.170. The molecule has 0 spiro atoms. The Kier molecular flexibility index (Phi) is 12.5. The van der Waals surface area contributed by atoms with Crippen molar-refractivity contribution in [1.82, 2.24) is 15.2 Å². The van der Waals surface area contributed by atoms with Gasteiger partial charge in [0.2, 0.25) is 0 Å². The molecule has 2 aliphatic heterocycles. The number of nitrogens with zero attached hydrogens (tertiary/aromatic N) is 3. The van der Waals surface area contributed by atoms with Crippen molar-refractivity contribution in [3.8, 4) is 0 Å². The number of hydrogen-bond donors (Lipinski definition) is 2. The molecule has 61 heavy (non-hydrogen) atoms. The van der Waals surface area contributed by atoms with E-state index in [1.54, 1.807) is 12.3 Å². The van der Waals surface area contributed by atoms with E-state index in [0.717, 1.165) is 32.7 Å². The molecule has 1 saturated heterocycles. The third-order valence-corrected chi connectivity index (χ3v) is 13.2. The van der Waals surface area contributed by atoms with E-state index in [0.29, 0.717) is 10.7 Å². The number of carbonyl (C=O) groups is 3. The first-order valence-corrected chi connectivity index (χ1v) is 22.3. The molecule has 8 rings (SSSR count). The molecule has 1 fully saturated rings. The Morgan fingerprint density at radius 1 is 0.852 bits per heavy atom. The Labute approximate surface area is 364 Å². The third kappa shape index (κ3) is 8.24. The van der Waals surface area contributed by atoms with Gasteiger partial charge in [-0.2, -0.15) is 0 Å². The largest absolute Gasteiger partial charge is 0.448 e. The first-order chi connectivity index (χ1) is 29.8. The number of alkyl halides is 1. The first-order valence-electron chi connectivity index (χ1n) is 19.5. The Morgan fingerprint density at radius 3 is 1.85 bits per heavy atom. The molecule has 3 atom stereocenters. The lowest BCUT2D eigenvalue weighted by molar-refractivity contribution is -0.154. The minimum atomic E-state index is -1.73. The van der Waals surface area contributed by atoms with Crippen LogP contribution in [-0.2, 0) is 40.3 Å². The summed E-state index contributed by atoms with van der Waals surface area (Å²) in [5.41, 5.74) is 3.67. The Morgan fingerprint density at radius 2 is 1.36 bits per heavy atom. The maximum atomic E-state index is 14.2. The molecule has 11 nitrogen and oxygen atoms in total. The van der Waals surface area contributed by atoms with Crippen LogP contribution in [0.25, 0.3) is 0 Å². The highest BCUT2D eigenvalue weighted by molar-refractivity contribution is 7.86. The van der Waals surface area contributed by atoms with E-state index in [2.05, 4.69) is 15.8 Å². The van der Waals surface area contributed by atoms with E-state index in [9.17, 15) is 18.6 Å². The molecule has 6 aromatic rings. The van der Waals surface area contributed by atoms with Gasteiger partial charge in [0.1, 0.15) is 35.0 Å². The second kappa shape index (κ2) is 18.5. The molecule has 308 valence electrons. The Bertz CT molecular complexity index is 2460. The van der Waals surface area contributed by atoms with Gasteiger partial charge in [-0.3, -0.25) is 18.7 Å². The van der Waals surface area contributed by atoms with Gasteiger partial charge >= 0.3 is 5.97 Å². The van der Waals surface area contributed by atoms with Crippen LogP contribution >= 0.6 is 22.9 Å². The minimum absolute atomic E-state index is 0.0795. The number of oxime groups is 1. The number of halogens is 1. The lowest BCUT2D eigenvalue weighted by Gasteiger charge is -2.49. The summed E-state index contributed by atoms with van der Waals surface area (Å²) >= 11 is 7.59. The second-order valence-corrected chi connectivity index (χ2v) is 16.8. The van der Waals surface area contributed by atoms with Gasteiger partial charge in [-0.25, -0.2) is 9.78 Å². The maximum Gasteiger partial charge on any atom is 0.356 e. The highest BCUT2D eigenvalue weighted by Gasteiger charge is 2.57. The summed E-state index contributed by atoms with van der Waals surface area (Å²) in [5, 5.41) is 11.7. The lowest BCUT2D eigenvalue weighted by Crippen LogP contribution is -2.74. The standard InChI is InChI=1S/C47H40ClN5O6S2/c1-2-58-52-38(37-29-60-46(49-37)51-47(34-22-12-5-13-23-34,35-24-14-6-15-25-35)36-26-16-7-17-27-36)42(54)50-39-43(55)53-40(33(28-48)30-61(57)44(39)53)45(56)59-41(31-18-8-3-9-19-31)32-20-10-4-11-21-32/h3-27,29,39,41,44H,2,28,30H2,1H3,(H,49,51)(H,50,54)/b52-38+/t39?,44-,61?/m1/s1. The van der Waals surface area contributed by atoms with E-state index < -0.39 is 51.6 Å². The topological polar surface area (TPSA) is 139 Å². The number of esters is 1. The quantitative estimate of drug-likeness (QED) is 0.0270. The monoisotopic (exact) mass is 869 g/mol. The highest BCUT2D eigenvalue weighted by atomic mass is 35.5. The number of ether oxygens (including phenoxy) is 1. The summed E-state index contributed by atoms with van der Waals surface area (Å²) < 4.78 is 19.9. The molecule has 14 heteroatoms. The zero-order valence-electron chi connectivity index (χ0n) is 32.9. The summed E-state index contributed by atoms with van der Waals surface area (Å²) in [6.07, 6.45) is -0.801. The van der Waals surface area contributed by atoms with Crippen LogP contribution in [0.5, 0.6) is 0 Å². The number of nitrogens with one attached hydrogen (secondary N) is 2. The zero-order chi connectivity index (χ0) is 42.3. The van der Waals surface area contributed by atoms with Crippen molar-refractivity contribution in [3.05, 3.63) is 202 Å². The van der Waals surface area contributed by atoms with Crippen LogP contribution < -0.4 is 10.6 Å². The van der Waals surface area contributed by atoms with Gasteiger partial charge in [-0.15, -0.1) is 22.9 Å². The van der Waals surface area contributed by atoms with Crippen molar-refractivity contribution in [3.63, 3.8) is 0 Å². The van der Waals surface area contributed by atoms with Crippen molar-refractivity contribution in [2.24, 2.45) is 5.16 Å². The van der Waals surface area contributed by atoms with E-state index in [-0.39, 0.29) is 35.3 Å². The van der Waals surface area contributed by atoms with Crippen molar-refractivity contribution >= 4 is 62.4 Å². The zero-order valence-corrected chi connectivity index (χ0v) is 35.2. The SMILES string of the molecule is CCO/N=C(/C(=O)NC1C(=O)N2C(C(=O)OC(c3ccccc3)c3ccccc3)=C(CCl)CS(=O)[C@H]12)c1csc(NC(c2ccccc2)(c2ccccc2)c2ccccc2)n1. The van der Waals surface area contributed by atoms with Crippen LogP contribution in [0.15, 0.2) is 173 Å². The predicted molar refractivity (Wildman–Crippen MR) is 237 cm³/mol. The fourth-order valence-electron chi connectivity index (χ4n) is 7.62. The van der Waals surface area contributed by atoms with E-state index in [1.165, 1.54) is 11.3 Å². The molecule has 0 radical (unpaired) electrons. The number of β-lactam (4-membered cyclic amide) rings is 1. The Balaban J connectivity index is 1.06. The number of amides is 2. The fourth-order valence-corrected chi connectivity index (χ4v) is 10.4. The van der Waals surface area contributed by atoms with E-state index in [4.69, 9.17) is 26.2 Å². The van der Waals surface area contributed by atoms with E-state index in [1.807, 2.05) is 152 Å². The number of rotatable bonds is 15.